The number of nitrogens with one attached hydrogen (secondary N) is 2. The van der Waals surface area contributed by atoms with E-state index < -0.39 is 16.1 Å². The number of piperazine rings is 1. The van der Waals surface area contributed by atoms with E-state index in [2.05, 4.69) is 4.72 Å². The number of rotatable bonds is 10. The first-order valence-corrected chi connectivity index (χ1v) is 14.2. The molecule has 1 atom stereocenters. The lowest BCUT2D eigenvalue weighted by atomic mass is 9.91. The summed E-state index contributed by atoms with van der Waals surface area (Å²) in [5.41, 5.74) is 5.33. The van der Waals surface area contributed by atoms with Gasteiger partial charge in [0.1, 0.15) is 6.04 Å². The topological polar surface area (TPSA) is 137 Å². The molecule has 37 heavy (non-hydrogen) atoms. The van der Waals surface area contributed by atoms with Crippen LogP contribution in [-0.2, 0) is 19.6 Å². The molecule has 0 saturated carbocycles. The Kier molecular flexibility index (Phi) is 9.31. The maximum atomic E-state index is 13.5. The molecule has 202 valence electrons. The number of sulfonamides is 1. The van der Waals surface area contributed by atoms with E-state index >= 15 is 0 Å². The SMILES string of the molecule is CC(C)(C)CC(=O)N1CCN(C(=O)[C@H](CCCCC(=N)N)NS(=O)(=O)c2ccc3ccccc3c2)CC1. The maximum absolute atomic E-state index is 13.5. The normalized spacial score (nSPS) is 15.5. The molecule has 0 aromatic heterocycles. The van der Waals surface area contributed by atoms with Crippen LogP contribution in [0.25, 0.3) is 10.8 Å². The van der Waals surface area contributed by atoms with Gasteiger partial charge in [0.15, 0.2) is 0 Å². The third-order valence-corrected chi connectivity index (χ3v) is 7.91. The number of fused-ring (bicyclic) bond motifs is 1. The highest BCUT2D eigenvalue weighted by atomic mass is 32.2. The van der Waals surface area contributed by atoms with Crippen molar-refractivity contribution in [2.45, 2.75) is 63.8 Å². The summed E-state index contributed by atoms with van der Waals surface area (Å²) in [5, 5.41) is 9.14. The molecule has 1 heterocycles. The number of unbranched alkanes of at least 4 members (excludes halogenated alkanes) is 1. The van der Waals surface area contributed by atoms with Crippen molar-refractivity contribution in [1.29, 1.82) is 5.41 Å². The molecule has 2 aromatic rings. The van der Waals surface area contributed by atoms with Crippen LogP contribution in [-0.4, -0.2) is 68.1 Å². The van der Waals surface area contributed by atoms with E-state index in [1.54, 1.807) is 28.0 Å². The number of hydrogen-bond acceptors (Lipinski definition) is 5. The van der Waals surface area contributed by atoms with E-state index in [9.17, 15) is 18.0 Å². The average Bonchev–Trinajstić information content (AvgIpc) is 2.84. The highest BCUT2D eigenvalue weighted by Gasteiger charge is 2.32. The molecule has 9 nitrogen and oxygen atoms in total. The molecule has 0 spiro atoms. The molecule has 1 aliphatic rings. The van der Waals surface area contributed by atoms with Crippen LogP contribution in [0, 0.1) is 10.8 Å². The molecule has 2 aromatic carbocycles. The lowest BCUT2D eigenvalue weighted by molar-refractivity contribution is -0.141. The number of nitrogens with two attached hydrogens (primary N) is 1. The Labute approximate surface area is 219 Å². The summed E-state index contributed by atoms with van der Waals surface area (Å²) >= 11 is 0. The van der Waals surface area contributed by atoms with E-state index in [1.165, 1.54) is 0 Å². The molecule has 0 bridgehead atoms. The minimum atomic E-state index is -3.96. The number of amides is 2. The van der Waals surface area contributed by atoms with Crippen molar-refractivity contribution < 1.29 is 18.0 Å². The molecule has 4 N–H and O–H groups in total. The van der Waals surface area contributed by atoms with Gasteiger partial charge in [0.05, 0.1) is 10.7 Å². The van der Waals surface area contributed by atoms with Gasteiger partial charge in [0.25, 0.3) is 0 Å². The van der Waals surface area contributed by atoms with Crippen LogP contribution >= 0.6 is 0 Å². The summed E-state index contributed by atoms with van der Waals surface area (Å²) in [6.45, 7) is 7.62. The molecular formula is C27H39N5O4S. The van der Waals surface area contributed by atoms with Gasteiger partial charge < -0.3 is 15.5 Å². The highest BCUT2D eigenvalue weighted by molar-refractivity contribution is 7.89. The molecule has 2 amide bonds. The predicted molar refractivity (Wildman–Crippen MR) is 146 cm³/mol. The van der Waals surface area contributed by atoms with Gasteiger partial charge in [0.2, 0.25) is 21.8 Å². The predicted octanol–water partition coefficient (Wildman–Crippen LogP) is 3.09. The van der Waals surface area contributed by atoms with E-state index in [1.807, 2.05) is 45.0 Å². The molecule has 0 radical (unpaired) electrons. The molecular weight excluding hydrogens is 490 g/mol. The minimum absolute atomic E-state index is 0.0654. The van der Waals surface area contributed by atoms with Crippen LogP contribution in [0.1, 0.15) is 52.9 Å². The average molecular weight is 530 g/mol. The molecule has 0 unspecified atom stereocenters. The van der Waals surface area contributed by atoms with E-state index in [-0.39, 0.29) is 28.0 Å². The zero-order valence-corrected chi connectivity index (χ0v) is 22.8. The fourth-order valence-electron chi connectivity index (χ4n) is 4.45. The van der Waals surface area contributed by atoms with Gasteiger partial charge in [-0.05, 0) is 41.2 Å². The van der Waals surface area contributed by atoms with Gasteiger partial charge in [-0.2, -0.15) is 4.72 Å². The largest absolute Gasteiger partial charge is 0.388 e. The third-order valence-electron chi connectivity index (χ3n) is 6.44. The first kappa shape index (κ1) is 28.6. The summed E-state index contributed by atoms with van der Waals surface area (Å²) in [6.07, 6.45) is 2.26. The van der Waals surface area contributed by atoms with Crippen molar-refractivity contribution >= 4 is 38.4 Å². The number of carbonyl (C=O) groups is 2. The zero-order chi connectivity index (χ0) is 27.2. The van der Waals surface area contributed by atoms with Crippen molar-refractivity contribution in [3.63, 3.8) is 0 Å². The van der Waals surface area contributed by atoms with Crippen molar-refractivity contribution in [2.24, 2.45) is 11.1 Å². The lowest BCUT2D eigenvalue weighted by Gasteiger charge is -2.37. The van der Waals surface area contributed by atoms with Gasteiger partial charge in [-0.1, -0.05) is 57.5 Å². The smallest absolute Gasteiger partial charge is 0.241 e. The number of carbonyl (C=O) groups excluding carboxylic acids is 2. The van der Waals surface area contributed by atoms with E-state index in [0.29, 0.717) is 58.3 Å². The van der Waals surface area contributed by atoms with Gasteiger partial charge >= 0.3 is 0 Å². The van der Waals surface area contributed by atoms with Crippen LogP contribution in [0.3, 0.4) is 0 Å². The minimum Gasteiger partial charge on any atom is -0.388 e. The number of nitrogens with zero attached hydrogens (tertiary/aromatic N) is 2. The summed E-state index contributed by atoms with van der Waals surface area (Å²) < 4.78 is 29.2. The van der Waals surface area contributed by atoms with Gasteiger partial charge in [-0.3, -0.25) is 15.0 Å². The van der Waals surface area contributed by atoms with Gasteiger partial charge in [0, 0.05) is 39.0 Å². The van der Waals surface area contributed by atoms with Crippen molar-refractivity contribution in [1.82, 2.24) is 14.5 Å². The standard InChI is InChI=1S/C27H39N5O4S/c1-27(2,3)19-25(33)31-14-16-32(17-15-31)26(34)23(10-6-7-11-24(28)29)30-37(35,36)22-13-12-20-8-4-5-9-21(20)18-22/h4-5,8-9,12-13,18,23,30H,6-7,10-11,14-17,19H2,1-3H3,(H3,28,29)/t23-/m0/s1. The van der Waals surface area contributed by atoms with Crippen molar-refractivity contribution in [2.75, 3.05) is 26.2 Å². The Hall–Kier alpha value is -2.98. The van der Waals surface area contributed by atoms with Gasteiger partial charge in [-0.15, -0.1) is 0 Å². The quantitative estimate of drug-likeness (QED) is 0.247. The second-order valence-corrected chi connectivity index (χ2v) is 12.6. The number of benzene rings is 2. The summed E-state index contributed by atoms with van der Waals surface area (Å²) in [5.74, 6) is -0.164. The molecule has 0 aliphatic carbocycles. The maximum Gasteiger partial charge on any atom is 0.241 e. The first-order valence-electron chi connectivity index (χ1n) is 12.8. The number of hydrogen-bond donors (Lipinski definition) is 3. The Morgan fingerprint density at radius 1 is 1.00 bits per heavy atom. The van der Waals surface area contributed by atoms with E-state index in [4.69, 9.17) is 11.1 Å². The first-order chi connectivity index (χ1) is 17.4. The van der Waals surface area contributed by atoms with Crippen LogP contribution in [0.15, 0.2) is 47.4 Å². The Morgan fingerprint density at radius 3 is 2.24 bits per heavy atom. The molecule has 1 aliphatic heterocycles. The monoisotopic (exact) mass is 529 g/mol. The second kappa shape index (κ2) is 12.0. The Bertz CT molecular complexity index is 1230. The van der Waals surface area contributed by atoms with Crippen LogP contribution in [0.2, 0.25) is 0 Å². The van der Waals surface area contributed by atoms with Crippen LogP contribution in [0.5, 0.6) is 0 Å². The lowest BCUT2D eigenvalue weighted by Crippen LogP contribution is -2.56. The summed E-state index contributed by atoms with van der Waals surface area (Å²) in [6, 6.07) is 11.4. The van der Waals surface area contributed by atoms with Crippen LogP contribution in [0.4, 0.5) is 0 Å². The van der Waals surface area contributed by atoms with Gasteiger partial charge in [-0.25, -0.2) is 8.42 Å². The molecule has 3 rings (SSSR count). The fraction of sp³-hybridized carbons (Fsp3) is 0.519. The van der Waals surface area contributed by atoms with Crippen LogP contribution < -0.4 is 10.5 Å². The van der Waals surface area contributed by atoms with Crippen molar-refractivity contribution in [3.8, 4) is 0 Å². The third kappa shape index (κ3) is 8.26. The highest BCUT2D eigenvalue weighted by Crippen LogP contribution is 2.22. The van der Waals surface area contributed by atoms with E-state index in [0.717, 1.165) is 10.8 Å². The van der Waals surface area contributed by atoms with Crippen molar-refractivity contribution in [3.05, 3.63) is 42.5 Å². The molecule has 1 saturated heterocycles. The second-order valence-electron chi connectivity index (χ2n) is 10.9. The number of amidine groups is 1. The molecule has 10 heteroatoms. The fourth-order valence-corrected chi connectivity index (χ4v) is 5.71. The zero-order valence-electron chi connectivity index (χ0n) is 22.0. The Balaban J connectivity index is 1.72. The summed E-state index contributed by atoms with van der Waals surface area (Å²) in [4.78, 5) is 29.6. The Morgan fingerprint density at radius 2 is 1.62 bits per heavy atom. The molecule has 1 fully saturated rings. The summed E-state index contributed by atoms with van der Waals surface area (Å²) in [7, 11) is -3.96.